The number of hydrogen-bond donors (Lipinski definition) is 2. The first kappa shape index (κ1) is 14.4. The Morgan fingerprint density at radius 3 is 2.67 bits per heavy atom. The second-order valence-electron chi connectivity index (χ2n) is 4.09. The van der Waals surface area contributed by atoms with Crippen LogP contribution in [0.5, 0.6) is 0 Å². The summed E-state index contributed by atoms with van der Waals surface area (Å²) < 4.78 is 5.19. The molecule has 0 aliphatic carbocycles. The third-order valence-corrected chi connectivity index (χ3v) is 2.75. The van der Waals surface area contributed by atoms with Gasteiger partial charge in [0.05, 0.1) is 24.1 Å². The first-order chi connectivity index (χ1) is 8.58. The molecule has 1 saturated heterocycles. The van der Waals surface area contributed by atoms with Crippen molar-refractivity contribution in [2.24, 2.45) is 15.7 Å². The van der Waals surface area contributed by atoms with Gasteiger partial charge in [-0.25, -0.2) is 4.99 Å². The fourth-order valence-corrected chi connectivity index (χ4v) is 1.52. The number of rotatable bonds is 4. The quantitative estimate of drug-likeness (QED) is 0.702. The summed E-state index contributed by atoms with van der Waals surface area (Å²) in [4.78, 5) is 20.0. The molecule has 1 atom stereocenters. The van der Waals surface area contributed by atoms with Crippen molar-refractivity contribution in [2.45, 2.75) is 26.3 Å². The summed E-state index contributed by atoms with van der Waals surface area (Å²) in [7, 11) is 1.65. The number of hydrogen-bond acceptors (Lipinski definition) is 5. The smallest absolute Gasteiger partial charge is 0.265 e. The van der Waals surface area contributed by atoms with Crippen molar-refractivity contribution in [1.29, 1.82) is 0 Å². The van der Waals surface area contributed by atoms with Crippen molar-refractivity contribution in [2.75, 3.05) is 20.3 Å². The molecular weight excluding hydrogens is 232 g/mol. The van der Waals surface area contributed by atoms with Crippen LogP contribution in [0.15, 0.2) is 21.9 Å². The largest absolute Gasteiger partial charge is 0.403 e. The van der Waals surface area contributed by atoms with Gasteiger partial charge in [-0.05, 0) is 20.3 Å². The summed E-state index contributed by atoms with van der Waals surface area (Å²) in [5, 5.41) is 2.86. The maximum atomic E-state index is 11.9. The zero-order valence-corrected chi connectivity index (χ0v) is 11.1. The van der Waals surface area contributed by atoms with Crippen LogP contribution in [0.4, 0.5) is 0 Å². The highest BCUT2D eigenvalue weighted by Gasteiger charge is 2.19. The zero-order chi connectivity index (χ0) is 13.5. The van der Waals surface area contributed by atoms with Gasteiger partial charge < -0.3 is 15.8 Å². The lowest BCUT2D eigenvalue weighted by Gasteiger charge is -2.10. The fourth-order valence-electron chi connectivity index (χ4n) is 1.52. The summed E-state index contributed by atoms with van der Waals surface area (Å²) in [6, 6.07) is 0.0777. The van der Waals surface area contributed by atoms with E-state index in [1.54, 1.807) is 20.9 Å². The van der Waals surface area contributed by atoms with Crippen LogP contribution < -0.4 is 11.1 Å². The fraction of sp³-hybridized carbons (Fsp3) is 0.583. The van der Waals surface area contributed by atoms with Crippen molar-refractivity contribution < 1.29 is 9.53 Å². The lowest BCUT2D eigenvalue weighted by Crippen LogP contribution is -2.38. The first-order valence-electron chi connectivity index (χ1n) is 5.88. The summed E-state index contributed by atoms with van der Waals surface area (Å²) >= 11 is 0. The number of allylic oxidation sites excluding steroid dienone is 1. The highest BCUT2D eigenvalue weighted by molar-refractivity contribution is 6.38. The number of nitrogens with two attached hydrogens (primary N) is 1. The van der Waals surface area contributed by atoms with Gasteiger partial charge >= 0.3 is 0 Å². The second-order valence-corrected chi connectivity index (χ2v) is 4.09. The van der Waals surface area contributed by atoms with E-state index < -0.39 is 0 Å². The monoisotopic (exact) mass is 252 g/mol. The van der Waals surface area contributed by atoms with E-state index in [1.165, 1.54) is 6.20 Å². The third kappa shape index (κ3) is 3.96. The minimum Gasteiger partial charge on any atom is -0.403 e. The van der Waals surface area contributed by atoms with Gasteiger partial charge in [0.15, 0.2) is 0 Å². The SMILES string of the molecule is CN=C(C)/C(=C\N)N=C(C)C(=O)NC1CCOC1. The Hall–Kier alpha value is -1.69. The number of amides is 1. The van der Waals surface area contributed by atoms with E-state index in [0.717, 1.165) is 6.42 Å². The average molecular weight is 252 g/mol. The van der Waals surface area contributed by atoms with Gasteiger partial charge in [0.25, 0.3) is 5.91 Å². The molecule has 0 bridgehead atoms. The molecule has 6 heteroatoms. The predicted octanol–water partition coefficient (Wildman–Crippen LogP) is 0.243. The maximum absolute atomic E-state index is 11.9. The maximum Gasteiger partial charge on any atom is 0.265 e. The minimum absolute atomic E-state index is 0.0777. The van der Waals surface area contributed by atoms with E-state index in [0.29, 0.717) is 30.3 Å². The molecule has 1 amide bonds. The summed E-state index contributed by atoms with van der Waals surface area (Å²) in [6.45, 7) is 4.69. The summed E-state index contributed by atoms with van der Waals surface area (Å²) in [5.41, 5.74) is 7.02. The van der Waals surface area contributed by atoms with Crippen LogP contribution in [-0.4, -0.2) is 43.6 Å². The van der Waals surface area contributed by atoms with Gasteiger partial charge in [-0.3, -0.25) is 9.79 Å². The highest BCUT2D eigenvalue weighted by Crippen LogP contribution is 2.04. The summed E-state index contributed by atoms with van der Waals surface area (Å²) in [5.74, 6) is -0.200. The highest BCUT2D eigenvalue weighted by atomic mass is 16.5. The van der Waals surface area contributed by atoms with E-state index in [1.807, 2.05) is 0 Å². The van der Waals surface area contributed by atoms with Crippen LogP contribution in [0.2, 0.25) is 0 Å². The first-order valence-corrected chi connectivity index (χ1v) is 5.88. The lowest BCUT2D eigenvalue weighted by atomic mass is 10.2. The van der Waals surface area contributed by atoms with Gasteiger partial charge in [-0.1, -0.05) is 0 Å². The van der Waals surface area contributed by atoms with E-state index in [9.17, 15) is 4.79 Å². The Kier molecular flexibility index (Phi) is 5.51. The molecule has 0 aromatic rings. The molecule has 100 valence electrons. The minimum atomic E-state index is -0.200. The number of ether oxygens (including phenoxy) is 1. The van der Waals surface area contributed by atoms with Gasteiger partial charge in [-0.15, -0.1) is 0 Å². The second kappa shape index (κ2) is 6.90. The molecule has 18 heavy (non-hydrogen) atoms. The third-order valence-electron chi connectivity index (χ3n) is 2.75. The molecule has 3 N–H and O–H groups in total. The van der Waals surface area contributed by atoms with Crippen LogP contribution in [0.3, 0.4) is 0 Å². The molecule has 0 aromatic carbocycles. The lowest BCUT2D eigenvalue weighted by molar-refractivity contribution is -0.115. The molecule has 1 heterocycles. The van der Waals surface area contributed by atoms with E-state index in [2.05, 4.69) is 15.3 Å². The van der Waals surface area contributed by atoms with Crippen molar-refractivity contribution in [3.63, 3.8) is 0 Å². The topological polar surface area (TPSA) is 89.1 Å². The van der Waals surface area contributed by atoms with Gasteiger partial charge in [0.2, 0.25) is 0 Å². The van der Waals surface area contributed by atoms with Crippen LogP contribution in [0, 0.1) is 0 Å². The van der Waals surface area contributed by atoms with E-state index in [-0.39, 0.29) is 11.9 Å². The molecule has 0 radical (unpaired) electrons. The molecule has 1 aliphatic heterocycles. The predicted molar refractivity (Wildman–Crippen MR) is 71.8 cm³/mol. The number of carbonyl (C=O) groups is 1. The van der Waals surface area contributed by atoms with Crippen molar-refractivity contribution in [3.05, 3.63) is 11.9 Å². The standard InChI is InChI=1S/C12H20N4O2/c1-8(14-3)11(6-13)15-9(2)12(17)16-10-4-5-18-7-10/h6,10H,4-5,7,13H2,1-3H3,(H,16,17)/b11-6+,14-8?,15-9?. The molecule has 1 rings (SSSR count). The zero-order valence-electron chi connectivity index (χ0n) is 11.1. The van der Waals surface area contributed by atoms with E-state index in [4.69, 9.17) is 10.5 Å². The Balaban J connectivity index is 2.66. The molecular formula is C12H20N4O2. The van der Waals surface area contributed by atoms with Gasteiger partial charge in [0.1, 0.15) is 5.71 Å². The van der Waals surface area contributed by atoms with E-state index >= 15 is 0 Å². The molecule has 1 fully saturated rings. The molecule has 0 spiro atoms. The number of nitrogens with zero attached hydrogens (tertiary/aromatic N) is 2. The van der Waals surface area contributed by atoms with Crippen LogP contribution in [-0.2, 0) is 9.53 Å². The number of nitrogens with one attached hydrogen (secondary N) is 1. The number of carbonyl (C=O) groups excluding carboxylic acids is 1. The van der Waals surface area contributed by atoms with Crippen LogP contribution >= 0.6 is 0 Å². The normalized spacial score (nSPS) is 22.2. The summed E-state index contributed by atoms with van der Waals surface area (Å²) in [6.07, 6.45) is 2.19. The van der Waals surface area contributed by atoms with Crippen molar-refractivity contribution in [1.82, 2.24) is 5.32 Å². The van der Waals surface area contributed by atoms with Crippen molar-refractivity contribution in [3.8, 4) is 0 Å². The number of aliphatic imine (C=N–C) groups is 2. The Morgan fingerprint density at radius 2 is 2.17 bits per heavy atom. The molecule has 0 saturated carbocycles. The molecule has 1 unspecified atom stereocenters. The Morgan fingerprint density at radius 1 is 1.44 bits per heavy atom. The van der Waals surface area contributed by atoms with Crippen LogP contribution in [0.25, 0.3) is 0 Å². The van der Waals surface area contributed by atoms with Crippen molar-refractivity contribution >= 4 is 17.3 Å². The average Bonchev–Trinajstić information content (AvgIpc) is 2.87. The van der Waals surface area contributed by atoms with Gasteiger partial charge in [-0.2, -0.15) is 0 Å². The molecule has 6 nitrogen and oxygen atoms in total. The molecule has 0 aromatic heterocycles. The van der Waals surface area contributed by atoms with Gasteiger partial charge in [0, 0.05) is 19.9 Å². The Bertz CT molecular complexity index is 393. The molecule has 1 aliphatic rings. The Labute approximate surface area is 107 Å². The van der Waals surface area contributed by atoms with Crippen LogP contribution in [0.1, 0.15) is 20.3 Å².